The average Bonchev–Trinajstić information content (AvgIpc) is 2.97. The molecule has 0 spiro atoms. The van der Waals surface area contributed by atoms with Gasteiger partial charge in [0.1, 0.15) is 18.3 Å². The van der Waals surface area contributed by atoms with Crippen molar-refractivity contribution in [1.82, 2.24) is 9.55 Å². The third kappa shape index (κ3) is 8.45. The number of phosphoric ester groups is 2. The van der Waals surface area contributed by atoms with Crippen molar-refractivity contribution in [3.63, 3.8) is 0 Å². The van der Waals surface area contributed by atoms with Crippen LogP contribution in [0.5, 0.6) is 0 Å². The van der Waals surface area contributed by atoms with E-state index in [0.717, 1.165) is 11.5 Å². The van der Waals surface area contributed by atoms with Gasteiger partial charge in [-0.25, -0.2) is 13.9 Å². The molecular weight excluding hydrogens is 514 g/mol. The summed E-state index contributed by atoms with van der Waals surface area (Å²) in [4.78, 5) is 57.7. The molecule has 0 saturated carbocycles. The van der Waals surface area contributed by atoms with Gasteiger partial charge in [0.05, 0.1) is 24.4 Å². The second kappa shape index (κ2) is 11.6. The number of phosphoric acid groups is 2. The Balaban J connectivity index is 2.35. The minimum atomic E-state index is -5.14. The number of aromatic nitrogens is 2. The van der Waals surface area contributed by atoms with Gasteiger partial charge in [-0.05, 0) is 27.7 Å². The quantitative estimate of drug-likeness (QED) is 0.262. The van der Waals surface area contributed by atoms with Crippen LogP contribution < -0.4 is 11.2 Å². The second-order valence-electron chi connectivity index (χ2n) is 8.24. The van der Waals surface area contributed by atoms with Gasteiger partial charge in [0.2, 0.25) is 0 Å². The van der Waals surface area contributed by atoms with E-state index in [1.165, 1.54) is 27.1 Å². The first-order valence-corrected chi connectivity index (χ1v) is 13.5. The van der Waals surface area contributed by atoms with E-state index in [-0.39, 0.29) is 5.56 Å². The van der Waals surface area contributed by atoms with Crippen LogP contribution in [0.3, 0.4) is 0 Å². The van der Waals surface area contributed by atoms with Crippen molar-refractivity contribution in [2.24, 2.45) is 7.05 Å². The van der Waals surface area contributed by atoms with Crippen molar-refractivity contribution in [2.45, 2.75) is 71.2 Å². The smallest absolute Gasteiger partial charge is 0.457 e. The number of aromatic amines is 1. The van der Waals surface area contributed by atoms with Gasteiger partial charge in [0.15, 0.2) is 6.10 Å². The number of rotatable bonds is 11. The third-order valence-corrected chi connectivity index (χ3v) is 7.25. The summed E-state index contributed by atoms with van der Waals surface area (Å²) < 4.78 is 55.9. The largest absolute Gasteiger partial charge is 0.481 e. The molecule has 15 nitrogen and oxygen atoms in total. The maximum absolute atomic E-state index is 12.5. The number of esters is 1. The van der Waals surface area contributed by atoms with Gasteiger partial charge < -0.3 is 28.6 Å². The Hall–Kier alpha value is -1.67. The normalized spacial score (nSPS) is 26.0. The summed E-state index contributed by atoms with van der Waals surface area (Å²) in [5.74, 6) is -0.730. The first-order chi connectivity index (χ1) is 16.0. The topological polar surface area (TPSA) is 202 Å². The van der Waals surface area contributed by atoms with Crippen LogP contribution in [0.1, 0.15) is 46.3 Å². The minimum Gasteiger partial charge on any atom is -0.457 e. The van der Waals surface area contributed by atoms with E-state index < -0.39 is 76.1 Å². The zero-order valence-corrected chi connectivity index (χ0v) is 21.8. The molecule has 1 saturated heterocycles. The van der Waals surface area contributed by atoms with Crippen molar-refractivity contribution in [3.8, 4) is 0 Å². The molecule has 1 aromatic heterocycles. The van der Waals surface area contributed by atoms with E-state index in [2.05, 4.69) is 13.8 Å². The van der Waals surface area contributed by atoms with E-state index in [9.17, 15) is 33.3 Å². The Morgan fingerprint density at radius 3 is 2.31 bits per heavy atom. The molecule has 2 rings (SSSR count). The number of ether oxygens (including phenoxy) is 3. The number of hydrogen-bond donors (Lipinski definition) is 3. The number of nitrogens with one attached hydrogen (secondary N) is 1. The van der Waals surface area contributed by atoms with E-state index >= 15 is 0 Å². The molecule has 3 N–H and O–H groups in total. The summed E-state index contributed by atoms with van der Waals surface area (Å²) in [5.41, 5.74) is -1.57. The molecule has 0 aromatic carbocycles. The lowest BCUT2D eigenvalue weighted by atomic mass is 10.0. The lowest BCUT2D eigenvalue weighted by molar-refractivity contribution is -0.157. The van der Waals surface area contributed by atoms with E-state index in [1.54, 1.807) is 13.8 Å². The highest BCUT2D eigenvalue weighted by Crippen LogP contribution is 2.61. The van der Waals surface area contributed by atoms with Crippen molar-refractivity contribution >= 4 is 21.6 Å². The minimum absolute atomic E-state index is 0.0770. The second-order valence-corrected chi connectivity index (χ2v) is 11.2. The molecule has 1 aromatic rings. The highest BCUT2D eigenvalue weighted by Gasteiger charge is 2.51. The molecule has 0 bridgehead atoms. The molecule has 6 atom stereocenters. The number of carbonyl (C=O) groups is 1. The standard InChI is InChI=1S/C18H30N2O13P2/c1-9(2)29-15-13(8-28-34(24,25)33-35(26,27)32-10(3)4)31-14(16(15)30-11(5)21)12-7-20(6)18(23)19-17(12)22/h7,9-10,13-16H,8H2,1-6H3,(H,24,25)(H,26,27)(H,19,22,23)/t13-,14+,15?,16-/m1/s1. The summed E-state index contributed by atoms with van der Waals surface area (Å²) in [6.07, 6.45) is -4.82. The van der Waals surface area contributed by atoms with Gasteiger partial charge >= 0.3 is 27.3 Å². The monoisotopic (exact) mass is 544 g/mol. The van der Waals surface area contributed by atoms with E-state index in [4.69, 9.17) is 18.7 Å². The molecule has 2 heterocycles. The molecular formula is C18H30N2O13P2. The Morgan fingerprint density at radius 2 is 1.77 bits per heavy atom. The first kappa shape index (κ1) is 29.6. The molecule has 0 aliphatic carbocycles. The maximum atomic E-state index is 12.5. The van der Waals surface area contributed by atoms with Crippen LogP contribution in [0.25, 0.3) is 0 Å². The van der Waals surface area contributed by atoms with Crippen molar-refractivity contribution in [2.75, 3.05) is 6.61 Å². The SMILES string of the molecule is CC(=O)O[C@H]1C(OC(C)C)[C@@H](COP(=O)(O)OP(=O)(O)OC(C)C)O[C@H]1c1cn(C)c(=O)[nH]c1=O. The zero-order valence-electron chi connectivity index (χ0n) is 20.0. The predicted octanol–water partition coefficient (Wildman–Crippen LogP) is 0.898. The summed E-state index contributed by atoms with van der Waals surface area (Å²) in [5, 5.41) is 0. The van der Waals surface area contributed by atoms with Crippen LogP contribution in [0.2, 0.25) is 0 Å². The number of aryl methyl sites for hydroxylation is 1. The molecule has 17 heteroatoms. The van der Waals surface area contributed by atoms with Crippen molar-refractivity contribution < 1.29 is 51.3 Å². The zero-order chi connectivity index (χ0) is 26.7. The summed E-state index contributed by atoms with van der Waals surface area (Å²) in [6, 6.07) is 0. The van der Waals surface area contributed by atoms with E-state index in [0.29, 0.717) is 0 Å². The molecule has 0 amide bonds. The molecule has 1 fully saturated rings. The number of carbonyl (C=O) groups excluding carboxylic acids is 1. The highest BCUT2D eigenvalue weighted by molar-refractivity contribution is 7.61. The predicted molar refractivity (Wildman–Crippen MR) is 118 cm³/mol. The van der Waals surface area contributed by atoms with Crippen molar-refractivity contribution in [3.05, 3.63) is 32.6 Å². The Bertz CT molecular complexity index is 1110. The highest BCUT2D eigenvalue weighted by atomic mass is 31.3. The number of H-pyrrole nitrogens is 1. The Morgan fingerprint density at radius 1 is 1.14 bits per heavy atom. The van der Waals surface area contributed by atoms with Crippen LogP contribution in [-0.2, 0) is 48.5 Å². The van der Waals surface area contributed by atoms with Crippen molar-refractivity contribution in [1.29, 1.82) is 0 Å². The van der Waals surface area contributed by atoms with Gasteiger partial charge in [0, 0.05) is 20.2 Å². The van der Waals surface area contributed by atoms with Crippen LogP contribution >= 0.6 is 15.6 Å². The van der Waals surface area contributed by atoms with Gasteiger partial charge in [-0.2, -0.15) is 4.31 Å². The van der Waals surface area contributed by atoms with Crippen LogP contribution in [0, 0.1) is 0 Å². The van der Waals surface area contributed by atoms with Gasteiger partial charge in [-0.15, -0.1) is 0 Å². The summed E-state index contributed by atoms with van der Waals surface area (Å²) in [7, 11) is -8.69. The maximum Gasteiger partial charge on any atom is 0.481 e. The summed E-state index contributed by atoms with van der Waals surface area (Å²) in [6.45, 7) is 6.55. The molecule has 1 aliphatic heterocycles. The number of hydrogen-bond acceptors (Lipinski definition) is 11. The fraction of sp³-hybridized carbons (Fsp3) is 0.722. The van der Waals surface area contributed by atoms with Crippen LogP contribution in [-0.4, -0.2) is 62.4 Å². The Labute approximate surface area is 200 Å². The molecule has 200 valence electrons. The van der Waals surface area contributed by atoms with Crippen LogP contribution in [0.15, 0.2) is 15.8 Å². The first-order valence-electron chi connectivity index (χ1n) is 10.5. The fourth-order valence-electron chi connectivity index (χ4n) is 3.30. The molecule has 35 heavy (non-hydrogen) atoms. The average molecular weight is 544 g/mol. The van der Waals surface area contributed by atoms with Gasteiger partial charge in [-0.3, -0.25) is 23.6 Å². The summed E-state index contributed by atoms with van der Waals surface area (Å²) >= 11 is 0. The fourth-order valence-corrected chi connectivity index (χ4v) is 5.56. The van der Waals surface area contributed by atoms with Crippen LogP contribution in [0.4, 0.5) is 0 Å². The van der Waals surface area contributed by atoms with Gasteiger partial charge in [0.25, 0.3) is 5.56 Å². The lowest BCUT2D eigenvalue weighted by Crippen LogP contribution is -2.41. The molecule has 3 unspecified atom stereocenters. The number of nitrogens with zero attached hydrogens (tertiary/aromatic N) is 1. The third-order valence-electron chi connectivity index (χ3n) is 4.44. The van der Waals surface area contributed by atoms with E-state index in [1.807, 2.05) is 0 Å². The molecule has 1 aliphatic rings. The Kier molecular flexibility index (Phi) is 9.79. The lowest BCUT2D eigenvalue weighted by Gasteiger charge is -2.26. The van der Waals surface area contributed by atoms with Gasteiger partial charge in [-0.1, -0.05) is 0 Å². The molecule has 0 radical (unpaired) electrons.